The summed E-state index contributed by atoms with van der Waals surface area (Å²) in [6.07, 6.45) is 6.22. The third kappa shape index (κ3) is 3.95. The summed E-state index contributed by atoms with van der Waals surface area (Å²) in [5, 5.41) is 15.0. The molecule has 21 heavy (non-hydrogen) atoms. The lowest BCUT2D eigenvalue weighted by molar-refractivity contribution is -0.154. The van der Waals surface area contributed by atoms with Crippen molar-refractivity contribution in [2.24, 2.45) is 5.41 Å². The van der Waals surface area contributed by atoms with Crippen molar-refractivity contribution in [1.82, 2.24) is 10.6 Å². The summed E-state index contributed by atoms with van der Waals surface area (Å²) >= 11 is 0. The lowest BCUT2D eigenvalue weighted by Gasteiger charge is -2.32. The molecule has 2 aliphatic rings. The third-order valence-electron chi connectivity index (χ3n) is 4.63. The first kappa shape index (κ1) is 15.8. The van der Waals surface area contributed by atoms with Gasteiger partial charge in [0.05, 0.1) is 5.41 Å². The van der Waals surface area contributed by atoms with Crippen LogP contribution in [0, 0.1) is 5.41 Å². The summed E-state index contributed by atoms with van der Waals surface area (Å²) in [5.41, 5.74) is -0.941. The minimum absolute atomic E-state index is 0.0217. The molecule has 2 fully saturated rings. The second-order valence-corrected chi connectivity index (χ2v) is 6.23. The Morgan fingerprint density at radius 3 is 2.57 bits per heavy atom. The van der Waals surface area contributed by atoms with Crippen molar-refractivity contribution in [3.05, 3.63) is 0 Å². The number of hydrogen-bond donors (Lipinski definition) is 3. The van der Waals surface area contributed by atoms with Crippen LogP contribution in [0.4, 0.5) is 0 Å². The molecule has 1 aliphatic heterocycles. The molecule has 2 amide bonds. The number of rotatable bonds is 4. The molecule has 6 nitrogen and oxygen atoms in total. The predicted molar refractivity (Wildman–Crippen MR) is 76.6 cm³/mol. The summed E-state index contributed by atoms with van der Waals surface area (Å²) in [4.78, 5) is 35.6. The second kappa shape index (κ2) is 6.91. The summed E-state index contributed by atoms with van der Waals surface area (Å²) < 4.78 is 0. The summed E-state index contributed by atoms with van der Waals surface area (Å²) in [7, 11) is 0. The molecular formula is C15H24N2O4. The van der Waals surface area contributed by atoms with E-state index in [1.165, 1.54) is 0 Å². The van der Waals surface area contributed by atoms with Crippen LogP contribution < -0.4 is 10.6 Å². The first-order valence-corrected chi connectivity index (χ1v) is 7.84. The molecular weight excluding hydrogens is 272 g/mol. The van der Waals surface area contributed by atoms with Gasteiger partial charge in [0.15, 0.2) is 0 Å². The van der Waals surface area contributed by atoms with Crippen molar-refractivity contribution in [3.63, 3.8) is 0 Å². The topological polar surface area (TPSA) is 95.5 Å². The number of carboxylic acids is 1. The average molecular weight is 296 g/mol. The van der Waals surface area contributed by atoms with Crippen LogP contribution in [-0.4, -0.2) is 35.5 Å². The van der Waals surface area contributed by atoms with E-state index in [4.69, 9.17) is 0 Å². The van der Waals surface area contributed by atoms with Crippen molar-refractivity contribution in [1.29, 1.82) is 0 Å². The van der Waals surface area contributed by atoms with E-state index in [9.17, 15) is 19.5 Å². The van der Waals surface area contributed by atoms with E-state index in [-0.39, 0.29) is 18.2 Å². The van der Waals surface area contributed by atoms with Gasteiger partial charge in [0, 0.05) is 13.0 Å². The molecule has 0 aromatic heterocycles. The van der Waals surface area contributed by atoms with Gasteiger partial charge in [-0.1, -0.05) is 19.3 Å². The summed E-state index contributed by atoms with van der Waals surface area (Å²) in [6.45, 7) is 0.643. The van der Waals surface area contributed by atoms with Crippen LogP contribution in [0.2, 0.25) is 0 Å². The SMILES string of the molecule is O=C(CC1(C(=O)O)CCCCC1)NC1CCCCNC1=O. The molecule has 0 bridgehead atoms. The van der Waals surface area contributed by atoms with E-state index in [0.29, 0.717) is 25.8 Å². The molecule has 0 radical (unpaired) electrons. The molecule has 1 saturated carbocycles. The monoisotopic (exact) mass is 296 g/mol. The van der Waals surface area contributed by atoms with Crippen LogP contribution in [0.3, 0.4) is 0 Å². The van der Waals surface area contributed by atoms with E-state index in [1.807, 2.05) is 0 Å². The highest BCUT2D eigenvalue weighted by Crippen LogP contribution is 2.39. The van der Waals surface area contributed by atoms with Crippen molar-refractivity contribution in [2.75, 3.05) is 6.54 Å². The maximum absolute atomic E-state index is 12.2. The Bertz CT molecular complexity index is 416. The molecule has 1 atom stereocenters. The van der Waals surface area contributed by atoms with Crippen LogP contribution in [0.25, 0.3) is 0 Å². The fraction of sp³-hybridized carbons (Fsp3) is 0.800. The maximum atomic E-state index is 12.2. The van der Waals surface area contributed by atoms with Gasteiger partial charge in [-0.15, -0.1) is 0 Å². The highest BCUT2D eigenvalue weighted by molar-refractivity contribution is 5.90. The van der Waals surface area contributed by atoms with Gasteiger partial charge in [-0.05, 0) is 32.1 Å². The highest BCUT2D eigenvalue weighted by atomic mass is 16.4. The minimum atomic E-state index is -0.941. The van der Waals surface area contributed by atoms with Crippen LogP contribution in [0.1, 0.15) is 57.8 Å². The Morgan fingerprint density at radius 2 is 1.90 bits per heavy atom. The normalized spacial score (nSPS) is 25.5. The first-order chi connectivity index (χ1) is 10.0. The smallest absolute Gasteiger partial charge is 0.310 e. The van der Waals surface area contributed by atoms with E-state index in [1.54, 1.807) is 0 Å². The zero-order valence-corrected chi connectivity index (χ0v) is 12.3. The number of nitrogens with one attached hydrogen (secondary N) is 2. The van der Waals surface area contributed by atoms with E-state index in [2.05, 4.69) is 10.6 Å². The van der Waals surface area contributed by atoms with Crippen LogP contribution in [-0.2, 0) is 14.4 Å². The number of carboxylic acid groups (broad SMARTS) is 1. The van der Waals surface area contributed by atoms with Gasteiger partial charge in [-0.2, -0.15) is 0 Å². The Hall–Kier alpha value is -1.59. The maximum Gasteiger partial charge on any atom is 0.310 e. The Balaban J connectivity index is 1.95. The van der Waals surface area contributed by atoms with E-state index in [0.717, 1.165) is 32.1 Å². The molecule has 0 aromatic carbocycles. The number of hydrogen-bond acceptors (Lipinski definition) is 3. The summed E-state index contributed by atoms with van der Waals surface area (Å²) in [6, 6.07) is -0.519. The zero-order chi connectivity index (χ0) is 15.3. The van der Waals surface area contributed by atoms with Gasteiger partial charge < -0.3 is 15.7 Å². The van der Waals surface area contributed by atoms with Crippen molar-refractivity contribution in [3.8, 4) is 0 Å². The van der Waals surface area contributed by atoms with Crippen molar-refractivity contribution < 1.29 is 19.5 Å². The predicted octanol–water partition coefficient (Wildman–Crippen LogP) is 1.20. The molecule has 118 valence electrons. The Kier molecular flexibility index (Phi) is 5.20. The molecule has 1 heterocycles. The molecule has 3 N–H and O–H groups in total. The summed E-state index contributed by atoms with van der Waals surface area (Å²) in [5.74, 6) is -1.36. The van der Waals surface area contributed by atoms with Crippen LogP contribution in [0.5, 0.6) is 0 Å². The van der Waals surface area contributed by atoms with Crippen LogP contribution >= 0.6 is 0 Å². The molecule has 2 rings (SSSR count). The molecule has 1 saturated heterocycles. The minimum Gasteiger partial charge on any atom is -0.481 e. The fourth-order valence-electron chi connectivity index (χ4n) is 3.32. The zero-order valence-electron chi connectivity index (χ0n) is 12.3. The molecule has 0 aromatic rings. The lowest BCUT2D eigenvalue weighted by atomic mass is 9.71. The number of carbonyl (C=O) groups is 3. The van der Waals surface area contributed by atoms with Gasteiger partial charge in [-0.25, -0.2) is 0 Å². The Morgan fingerprint density at radius 1 is 1.19 bits per heavy atom. The quantitative estimate of drug-likeness (QED) is 0.726. The van der Waals surface area contributed by atoms with Gasteiger partial charge in [0.1, 0.15) is 6.04 Å². The molecule has 6 heteroatoms. The number of carbonyl (C=O) groups excluding carboxylic acids is 2. The number of amides is 2. The lowest BCUT2D eigenvalue weighted by Crippen LogP contribution is -2.48. The first-order valence-electron chi connectivity index (χ1n) is 7.84. The molecule has 0 spiro atoms. The van der Waals surface area contributed by atoms with Gasteiger partial charge >= 0.3 is 5.97 Å². The second-order valence-electron chi connectivity index (χ2n) is 6.23. The molecule has 1 aliphatic carbocycles. The standard InChI is InChI=1S/C15H24N2O4/c18-12(17-11-6-2-5-9-16-13(11)19)10-15(14(20)21)7-3-1-4-8-15/h11H,1-10H2,(H,16,19)(H,17,18)(H,20,21). The van der Waals surface area contributed by atoms with Crippen molar-refractivity contribution in [2.45, 2.75) is 63.8 Å². The Labute approximate surface area is 124 Å². The largest absolute Gasteiger partial charge is 0.481 e. The average Bonchev–Trinajstić information content (AvgIpc) is 2.65. The van der Waals surface area contributed by atoms with E-state index < -0.39 is 17.4 Å². The fourth-order valence-corrected chi connectivity index (χ4v) is 3.32. The van der Waals surface area contributed by atoms with Gasteiger partial charge in [0.25, 0.3) is 0 Å². The molecule has 1 unspecified atom stereocenters. The van der Waals surface area contributed by atoms with Crippen LogP contribution in [0.15, 0.2) is 0 Å². The van der Waals surface area contributed by atoms with E-state index >= 15 is 0 Å². The van der Waals surface area contributed by atoms with Gasteiger partial charge in [-0.3, -0.25) is 14.4 Å². The van der Waals surface area contributed by atoms with Gasteiger partial charge in [0.2, 0.25) is 11.8 Å². The van der Waals surface area contributed by atoms with Crippen molar-refractivity contribution >= 4 is 17.8 Å². The third-order valence-corrected chi connectivity index (χ3v) is 4.63. The highest BCUT2D eigenvalue weighted by Gasteiger charge is 2.41. The number of aliphatic carboxylic acids is 1.